The van der Waals surface area contributed by atoms with Gasteiger partial charge >= 0.3 is 0 Å². The van der Waals surface area contributed by atoms with Gasteiger partial charge in [-0.3, -0.25) is 10.2 Å². The number of fused-ring (bicyclic) bond motifs is 1. The van der Waals surface area contributed by atoms with Crippen molar-refractivity contribution in [1.82, 2.24) is 14.9 Å². The highest BCUT2D eigenvalue weighted by Gasteiger charge is 2.10. The molecule has 0 fully saturated rings. The van der Waals surface area contributed by atoms with E-state index in [0.717, 1.165) is 20.1 Å². The number of aromatic nitrogens is 3. The molecule has 1 heterocycles. The van der Waals surface area contributed by atoms with Gasteiger partial charge in [0.05, 0.1) is 5.75 Å². The monoisotopic (exact) mass is 396 g/mol. The summed E-state index contributed by atoms with van der Waals surface area (Å²) in [5.74, 6) is 0.119. The van der Waals surface area contributed by atoms with Crippen LogP contribution in [0.15, 0.2) is 52.4 Å². The quantitative estimate of drug-likeness (QED) is 0.682. The number of amides is 1. The first-order valence-corrected chi connectivity index (χ1v) is 8.45. The van der Waals surface area contributed by atoms with Crippen LogP contribution in [0, 0.1) is 0 Å². The first-order valence-electron chi connectivity index (χ1n) is 6.29. The highest BCUT2D eigenvalue weighted by molar-refractivity contribution is 9.10. The second-order valence-electron chi connectivity index (χ2n) is 4.40. The molecule has 0 aliphatic rings. The average molecular weight is 398 g/mol. The summed E-state index contributed by atoms with van der Waals surface area (Å²) in [5, 5.41) is 9.89. The summed E-state index contributed by atoms with van der Waals surface area (Å²) in [7, 11) is 0. The summed E-state index contributed by atoms with van der Waals surface area (Å²) in [6.07, 6.45) is 2.85. The SMILES string of the molecule is O=C(CSc1ccc(Br)c2cccc(Cl)c12)Nn1cnnc1. The lowest BCUT2D eigenvalue weighted by Crippen LogP contribution is -2.23. The smallest absolute Gasteiger partial charge is 0.249 e. The Bertz CT molecular complexity index is 825. The van der Waals surface area contributed by atoms with Gasteiger partial charge in [-0.2, -0.15) is 0 Å². The van der Waals surface area contributed by atoms with Crippen molar-refractivity contribution in [3.63, 3.8) is 0 Å². The molecule has 3 aromatic rings. The second-order valence-corrected chi connectivity index (χ2v) is 6.68. The predicted octanol–water partition coefficient (Wildman–Crippen LogP) is 3.71. The van der Waals surface area contributed by atoms with E-state index in [1.807, 2.05) is 30.3 Å². The number of hydrogen-bond donors (Lipinski definition) is 1. The molecule has 5 nitrogen and oxygen atoms in total. The van der Waals surface area contributed by atoms with E-state index < -0.39 is 0 Å². The van der Waals surface area contributed by atoms with Crippen LogP contribution in [0.1, 0.15) is 0 Å². The molecule has 0 radical (unpaired) electrons. The molecule has 8 heteroatoms. The molecule has 2 aromatic carbocycles. The number of rotatable bonds is 4. The van der Waals surface area contributed by atoms with Crippen molar-refractivity contribution in [1.29, 1.82) is 0 Å². The van der Waals surface area contributed by atoms with Crippen LogP contribution in [-0.2, 0) is 4.79 Å². The van der Waals surface area contributed by atoms with Crippen LogP contribution in [-0.4, -0.2) is 26.5 Å². The zero-order valence-corrected chi connectivity index (χ0v) is 14.3. The minimum atomic E-state index is -0.145. The summed E-state index contributed by atoms with van der Waals surface area (Å²) >= 11 is 11.3. The summed E-state index contributed by atoms with van der Waals surface area (Å²) in [6, 6.07) is 9.65. The number of benzene rings is 2. The third-order valence-corrected chi connectivity index (χ3v) is 4.99. The molecule has 0 atom stereocenters. The van der Waals surface area contributed by atoms with Crippen LogP contribution in [0.5, 0.6) is 0 Å². The number of hydrogen-bond acceptors (Lipinski definition) is 4. The van der Waals surface area contributed by atoms with Crippen LogP contribution in [0.2, 0.25) is 5.02 Å². The Hall–Kier alpha value is -1.57. The van der Waals surface area contributed by atoms with Crippen LogP contribution >= 0.6 is 39.3 Å². The predicted molar refractivity (Wildman–Crippen MR) is 91.8 cm³/mol. The number of carbonyl (C=O) groups excluding carboxylic acids is 1. The molecule has 3 rings (SSSR count). The Balaban J connectivity index is 1.79. The molecule has 0 bridgehead atoms. The molecule has 0 aliphatic heterocycles. The molecular weight excluding hydrogens is 388 g/mol. The van der Waals surface area contributed by atoms with Gasteiger partial charge in [-0.15, -0.1) is 22.0 Å². The lowest BCUT2D eigenvalue weighted by molar-refractivity contribution is -0.114. The van der Waals surface area contributed by atoms with Crippen molar-refractivity contribution >= 4 is 56.0 Å². The van der Waals surface area contributed by atoms with E-state index in [1.165, 1.54) is 29.1 Å². The van der Waals surface area contributed by atoms with E-state index in [2.05, 4.69) is 31.6 Å². The molecule has 0 aliphatic carbocycles. The van der Waals surface area contributed by atoms with Crippen molar-refractivity contribution in [3.05, 3.63) is 52.5 Å². The largest absolute Gasteiger partial charge is 0.272 e. The van der Waals surface area contributed by atoms with Gasteiger partial charge in [0.15, 0.2) is 0 Å². The molecule has 112 valence electrons. The van der Waals surface area contributed by atoms with E-state index >= 15 is 0 Å². The Morgan fingerprint density at radius 2 is 2.05 bits per heavy atom. The zero-order chi connectivity index (χ0) is 15.5. The van der Waals surface area contributed by atoms with E-state index in [1.54, 1.807) is 0 Å². The second kappa shape index (κ2) is 6.68. The Kier molecular flexibility index (Phi) is 4.66. The first kappa shape index (κ1) is 15.3. The lowest BCUT2D eigenvalue weighted by Gasteiger charge is -2.10. The topological polar surface area (TPSA) is 59.8 Å². The van der Waals surface area contributed by atoms with Crippen LogP contribution < -0.4 is 5.43 Å². The number of thioether (sulfide) groups is 1. The number of carbonyl (C=O) groups is 1. The molecule has 0 spiro atoms. The summed E-state index contributed by atoms with van der Waals surface area (Å²) in [5.41, 5.74) is 2.66. The highest BCUT2D eigenvalue weighted by Crippen LogP contribution is 2.36. The molecular formula is C14H10BrClN4OS. The Morgan fingerprint density at radius 1 is 1.27 bits per heavy atom. The Morgan fingerprint density at radius 3 is 2.82 bits per heavy atom. The van der Waals surface area contributed by atoms with E-state index in [9.17, 15) is 4.79 Å². The number of nitrogens with zero attached hydrogens (tertiary/aromatic N) is 3. The van der Waals surface area contributed by atoms with Gasteiger partial charge in [-0.05, 0) is 23.6 Å². The van der Waals surface area contributed by atoms with Gasteiger partial charge < -0.3 is 0 Å². The maximum Gasteiger partial charge on any atom is 0.249 e. The molecule has 0 unspecified atom stereocenters. The average Bonchev–Trinajstić information content (AvgIpc) is 3.00. The van der Waals surface area contributed by atoms with Gasteiger partial charge in [-0.25, -0.2) is 4.68 Å². The summed E-state index contributed by atoms with van der Waals surface area (Å²) < 4.78 is 2.39. The van der Waals surface area contributed by atoms with Gasteiger partial charge in [0.1, 0.15) is 12.7 Å². The van der Waals surface area contributed by atoms with Crippen LogP contribution in [0.4, 0.5) is 0 Å². The molecule has 1 aromatic heterocycles. The molecule has 0 saturated heterocycles. The van der Waals surface area contributed by atoms with Crippen LogP contribution in [0.25, 0.3) is 10.8 Å². The lowest BCUT2D eigenvalue weighted by atomic mass is 10.1. The molecule has 0 saturated carbocycles. The van der Waals surface area contributed by atoms with Crippen molar-refractivity contribution < 1.29 is 4.79 Å². The van der Waals surface area contributed by atoms with Gasteiger partial charge in [0.2, 0.25) is 5.91 Å². The van der Waals surface area contributed by atoms with Gasteiger partial charge in [-0.1, -0.05) is 39.7 Å². The number of nitrogens with one attached hydrogen (secondary N) is 1. The van der Waals surface area contributed by atoms with Crippen LogP contribution in [0.3, 0.4) is 0 Å². The number of halogens is 2. The molecule has 1 N–H and O–H groups in total. The minimum absolute atomic E-state index is 0.145. The normalized spacial score (nSPS) is 10.8. The summed E-state index contributed by atoms with van der Waals surface area (Å²) in [6.45, 7) is 0. The van der Waals surface area contributed by atoms with E-state index in [-0.39, 0.29) is 11.7 Å². The fourth-order valence-corrected chi connectivity index (χ4v) is 3.67. The van der Waals surface area contributed by atoms with Crippen molar-refractivity contribution in [2.75, 3.05) is 11.2 Å². The zero-order valence-electron chi connectivity index (χ0n) is 11.2. The fourth-order valence-electron chi connectivity index (χ4n) is 1.99. The third kappa shape index (κ3) is 3.26. The van der Waals surface area contributed by atoms with Crippen molar-refractivity contribution in [2.45, 2.75) is 4.90 Å². The summed E-state index contributed by atoms with van der Waals surface area (Å²) in [4.78, 5) is 12.9. The highest BCUT2D eigenvalue weighted by atomic mass is 79.9. The fraction of sp³-hybridized carbons (Fsp3) is 0.0714. The van der Waals surface area contributed by atoms with E-state index in [0.29, 0.717) is 5.02 Å². The molecule has 22 heavy (non-hydrogen) atoms. The first-order chi connectivity index (χ1) is 10.6. The maximum absolute atomic E-state index is 11.9. The standard InChI is InChI=1S/C14H10BrClN4OS/c15-10-4-5-12(14-9(10)2-1-3-11(14)16)22-6-13(21)19-20-7-17-18-8-20/h1-5,7-8H,6H2,(H,19,21). The Labute approximate surface area is 144 Å². The van der Waals surface area contributed by atoms with E-state index in [4.69, 9.17) is 11.6 Å². The minimum Gasteiger partial charge on any atom is -0.272 e. The van der Waals surface area contributed by atoms with Crippen molar-refractivity contribution in [2.24, 2.45) is 0 Å². The maximum atomic E-state index is 11.9. The van der Waals surface area contributed by atoms with Crippen molar-refractivity contribution in [3.8, 4) is 0 Å². The third-order valence-electron chi connectivity index (χ3n) is 2.93. The molecule has 1 amide bonds. The van der Waals surface area contributed by atoms with Gasteiger partial charge in [0.25, 0.3) is 0 Å². The van der Waals surface area contributed by atoms with Gasteiger partial charge in [0, 0.05) is 19.8 Å².